The molecule has 1 unspecified atom stereocenters. The molecule has 3 N–H and O–H groups in total. The third kappa shape index (κ3) is 19.2. The summed E-state index contributed by atoms with van der Waals surface area (Å²) in [6, 6.07) is 0. The van der Waals surface area contributed by atoms with Gasteiger partial charge in [0.05, 0.1) is 0 Å². The molecule has 0 aliphatic heterocycles. The molecule has 0 aromatic heterocycles. The number of rotatable bonds is 9. The van der Waals surface area contributed by atoms with Crippen molar-refractivity contribution in [2.24, 2.45) is 16.6 Å². The molecule has 108 valence electrons. The average Bonchev–Trinajstić information content (AvgIpc) is 2.37. The van der Waals surface area contributed by atoms with Crippen LogP contribution in [0, 0.1) is 26.0 Å². The van der Waals surface area contributed by atoms with Crippen molar-refractivity contribution in [3.63, 3.8) is 0 Å². The first-order chi connectivity index (χ1) is 8.67. The second kappa shape index (κ2) is 21.5. The van der Waals surface area contributed by atoms with Gasteiger partial charge in [-0.25, -0.2) is 11.8 Å². The van der Waals surface area contributed by atoms with Gasteiger partial charge in [0.2, 0.25) is 0 Å². The van der Waals surface area contributed by atoms with Gasteiger partial charge in [0.15, 0.2) is 0 Å². The van der Waals surface area contributed by atoms with Crippen molar-refractivity contribution in [2.75, 3.05) is 24.6 Å². The van der Waals surface area contributed by atoms with Crippen LogP contribution >= 0.6 is 11.8 Å². The average molecular weight is 310 g/mol. The number of thioether (sulfide) groups is 1. The fourth-order valence-electron chi connectivity index (χ4n) is 1.30. The van der Waals surface area contributed by atoms with Crippen LogP contribution in [-0.2, 0) is 0 Å². The molecule has 0 saturated heterocycles. The normalized spacial score (nSPS) is 11.9. The Hall–Kier alpha value is 1.16. The summed E-state index contributed by atoms with van der Waals surface area (Å²) in [6.07, 6.45) is 4.51. The Bertz CT molecular complexity index is 209. The molecule has 0 bridgehead atoms. The van der Waals surface area contributed by atoms with Crippen LogP contribution in [0.2, 0.25) is 0 Å². The molecule has 19 heavy (non-hydrogen) atoms. The zero-order valence-corrected chi connectivity index (χ0v) is 16.8. The largest absolute Gasteiger partial charge is 1.00 e. The fraction of sp³-hybridized carbons (Fsp3) is 0.643. The minimum absolute atomic E-state index is 0. The maximum absolute atomic E-state index is 5.74. The van der Waals surface area contributed by atoms with E-state index >= 15 is 0 Å². The van der Waals surface area contributed by atoms with Gasteiger partial charge in [0.1, 0.15) is 0 Å². The van der Waals surface area contributed by atoms with Crippen molar-refractivity contribution in [1.82, 2.24) is 5.32 Å². The van der Waals surface area contributed by atoms with Crippen LogP contribution in [0.25, 0.3) is 0 Å². The quantitative estimate of drug-likeness (QED) is 0.202. The Morgan fingerprint density at radius 1 is 1.42 bits per heavy atom. The molecule has 0 rings (SSSR count). The first kappa shape index (κ1) is 25.1. The summed E-state index contributed by atoms with van der Waals surface area (Å²) in [5.74, 6) is 2.90. The number of amidine groups is 1. The summed E-state index contributed by atoms with van der Waals surface area (Å²) >= 11 is 1.74. The molecule has 0 aliphatic carbocycles. The van der Waals surface area contributed by atoms with Crippen molar-refractivity contribution in [3.8, 4) is 0 Å². The molecule has 0 radical (unpaired) electrons. The Morgan fingerprint density at radius 3 is 2.32 bits per heavy atom. The molecule has 1 atom stereocenters. The third-order valence-electron chi connectivity index (χ3n) is 2.33. The summed E-state index contributed by atoms with van der Waals surface area (Å²) in [5, 5.41) is 3.26. The minimum Gasteiger partial charge on any atom is -0.463 e. The first-order valence-corrected chi connectivity index (χ1v) is 7.55. The van der Waals surface area contributed by atoms with E-state index in [0.717, 1.165) is 37.4 Å². The van der Waals surface area contributed by atoms with E-state index in [1.807, 2.05) is 0 Å². The molecule has 0 fully saturated rings. The van der Waals surface area contributed by atoms with Crippen LogP contribution in [-0.4, -0.2) is 30.4 Å². The van der Waals surface area contributed by atoms with E-state index in [2.05, 4.69) is 50.8 Å². The monoisotopic (exact) mass is 309 g/mol. The summed E-state index contributed by atoms with van der Waals surface area (Å²) < 4.78 is 0. The minimum atomic E-state index is 0. The van der Waals surface area contributed by atoms with Gasteiger partial charge < -0.3 is 29.9 Å². The second-order valence-corrected chi connectivity index (χ2v) is 4.78. The van der Waals surface area contributed by atoms with Crippen LogP contribution in [0.5, 0.6) is 0 Å². The van der Waals surface area contributed by atoms with E-state index in [1.54, 1.807) is 11.8 Å². The number of nitrogens with two attached hydrogens (primary N) is 1. The Balaban J connectivity index is -0.000000366. The van der Waals surface area contributed by atoms with E-state index in [-0.39, 0.29) is 51.4 Å². The van der Waals surface area contributed by atoms with Crippen LogP contribution in [0.15, 0.2) is 11.6 Å². The van der Waals surface area contributed by atoms with E-state index in [0.29, 0.717) is 11.8 Å². The van der Waals surface area contributed by atoms with Gasteiger partial charge in [-0.2, -0.15) is 12.8 Å². The zero-order chi connectivity index (χ0) is 14.2. The molecule has 3 nitrogen and oxygen atoms in total. The molecule has 0 spiro atoms. The Labute approximate surface area is 167 Å². The number of hydrogen-bond acceptors (Lipinski definition) is 3. The van der Waals surface area contributed by atoms with Crippen molar-refractivity contribution in [3.05, 3.63) is 26.6 Å². The Kier molecular flexibility index (Phi) is 28.4. The van der Waals surface area contributed by atoms with Crippen molar-refractivity contribution in [2.45, 2.75) is 26.7 Å². The van der Waals surface area contributed by atoms with Gasteiger partial charge in [-0.1, -0.05) is 32.0 Å². The van der Waals surface area contributed by atoms with Gasteiger partial charge in [-0.15, -0.1) is 11.5 Å². The third-order valence-corrected chi connectivity index (χ3v) is 2.90. The number of nitrogens with zero attached hydrogens (tertiary/aromatic N) is 1. The summed E-state index contributed by atoms with van der Waals surface area (Å²) in [6.45, 7) is 16.8. The van der Waals surface area contributed by atoms with Crippen molar-refractivity contribution in [1.29, 1.82) is 0 Å². The predicted molar refractivity (Wildman–Crippen MR) is 85.5 cm³/mol. The van der Waals surface area contributed by atoms with Gasteiger partial charge in [0, 0.05) is 0 Å². The molecule has 0 aromatic carbocycles. The molecule has 0 amide bonds. The van der Waals surface area contributed by atoms with Crippen LogP contribution in [0.1, 0.15) is 26.7 Å². The van der Waals surface area contributed by atoms with Gasteiger partial charge in [-0.3, -0.25) is 0 Å². The number of aliphatic imine (C=N–C) groups is 1. The molecule has 0 saturated carbocycles. The van der Waals surface area contributed by atoms with Crippen LogP contribution < -0.4 is 62.4 Å². The number of hydrogen-bond donors (Lipinski definition) is 2. The van der Waals surface area contributed by atoms with Gasteiger partial charge in [-0.05, 0) is 19.5 Å². The van der Waals surface area contributed by atoms with Crippen molar-refractivity contribution < 1.29 is 51.4 Å². The maximum atomic E-state index is 5.74. The fourth-order valence-corrected chi connectivity index (χ4v) is 1.50. The van der Waals surface area contributed by atoms with Crippen LogP contribution in [0.3, 0.4) is 0 Å². The standard InChI is InChI=1S/C10H20N3.C4H8S.K/c1-4-9(7-8-12-5-2)10(11)13-6-3;1-3-5-4-2;/h9,12H,3-5,7-8H2,1-2H3,(H2,11,13);1-4H2;/q-1;-2;+1. The second-order valence-electron chi connectivity index (χ2n) is 3.55. The number of nitrogens with one attached hydrogen (secondary N) is 1. The van der Waals surface area contributed by atoms with Gasteiger partial charge >= 0.3 is 51.4 Å². The zero-order valence-electron chi connectivity index (χ0n) is 12.9. The predicted octanol–water partition coefficient (Wildman–Crippen LogP) is -0.292. The first-order valence-electron chi connectivity index (χ1n) is 6.39. The molecule has 0 aliphatic rings. The SMILES string of the molecule is C=[C-]N=C(N)C(CC)CCNCC.[CH2-]CSC[CH2-].[K+]. The maximum Gasteiger partial charge on any atom is 1.00 e. The van der Waals surface area contributed by atoms with E-state index < -0.39 is 0 Å². The molecule has 0 aromatic rings. The summed E-state index contributed by atoms with van der Waals surface area (Å²) in [7, 11) is 0. The Morgan fingerprint density at radius 2 is 2.00 bits per heavy atom. The van der Waals surface area contributed by atoms with E-state index in [4.69, 9.17) is 5.73 Å². The summed E-state index contributed by atoms with van der Waals surface area (Å²) in [5.41, 5.74) is 5.74. The van der Waals surface area contributed by atoms with Gasteiger partial charge in [0.25, 0.3) is 0 Å². The van der Waals surface area contributed by atoms with E-state index in [9.17, 15) is 0 Å². The molecule has 5 heteroatoms. The topological polar surface area (TPSA) is 50.4 Å². The summed E-state index contributed by atoms with van der Waals surface area (Å²) in [4.78, 5) is 3.88. The van der Waals surface area contributed by atoms with E-state index in [1.165, 1.54) is 0 Å². The van der Waals surface area contributed by atoms with Crippen LogP contribution in [0.4, 0.5) is 0 Å². The molecular formula is C14H28KN3S-2. The molecule has 0 heterocycles. The van der Waals surface area contributed by atoms with Crippen molar-refractivity contribution >= 4 is 17.6 Å². The smallest absolute Gasteiger partial charge is 0.463 e. The molecular weight excluding hydrogens is 281 g/mol.